The van der Waals surface area contributed by atoms with Crippen LogP contribution < -0.4 is 5.32 Å². The summed E-state index contributed by atoms with van der Waals surface area (Å²) >= 11 is 5.80. The molecule has 0 aliphatic carbocycles. The summed E-state index contributed by atoms with van der Waals surface area (Å²) in [6.45, 7) is 3.88. The van der Waals surface area contributed by atoms with Gasteiger partial charge in [-0.2, -0.15) is 0 Å². The molecule has 0 bridgehead atoms. The van der Waals surface area contributed by atoms with E-state index in [4.69, 9.17) is 11.6 Å². The van der Waals surface area contributed by atoms with Crippen LogP contribution in [0.3, 0.4) is 0 Å². The number of hydrogen-bond acceptors (Lipinski definition) is 1. The molecule has 1 unspecified atom stereocenters. The monoisotopic (exact) mass is 197 g/mol. The molecule has 0 spiro atoms. The Hall–Kier alpha value is -0.530. The largest absolute Gasteiger partial charge is 0.315 e. The number of halogens is 1. The summed E-state index contributed by atoms with van der Waals surface area (Å²) in [4.78, 5) is 0. The highest BCUT2D eigenvalue weighted by molar-refractivity contribution is 6.20. The number of hydrogen-bond donors (Lipinski definition) is 1. The molecule has 0 saturated heterocycles. The maximum absolute atomic E-state index is 5.80. The van der Waals surface area contributed by atoms with Crippen molar-refractivity contribution in [2.45, 2.75) is 18.7 Å². The second-order valence-corrected chi connectivity index (χ2v) is 3.97. The third-order valence-electron chi connectivity index (χ3n) is 1.86. The Morgan fingerprint density at radius 2 is 2.00 bits per heavy atom. The molecule has 1 atom stereocenters. The van der Waals surface area contributed by atoms with Gasteiger partial charge in [0.1, 0.15) is 0 Å². The van der Waals surface area contributed by atoms with E-state index in [0.29, 0.717) is 0 Å². The third-order valence-corrected chi connectivity index (χ3v) is 2.01. The molecule has 72 valence electrons. The van der Waals surface area contributed by atoms with Gasteiger partial charge in [0, 0.05) is 11.9 Å². The number of rotatable bonds is 5. The Morgan fingerprint density at radius 3 is 2.62 bits per heavy atom. The van der Waals surface area contributed by atoms with E-state index in [1.165, 1.54) is 5.56 Å². The third kappa shape index (κ3) is 4.91. The second-order valence-electron chi connectivity index (χ2n) is 3.22. The average molecular weight is 198 g/mol. The molecule has 1 aromatic carbocycles. The maximum Gasteiger partial charge on any atom is 0.0432 e. The first kappa shape index (κ1) is 10.6. The van der Waals surface area contributed by atoms with Crippen LogP contribution in [-0.2, 0) is 6.42 Å². The minimum Gasteiger partial charge on any atom is -0.315 e. The number of alkyl halides is 1. The highest BCUT2D eigenvalue weighted by Gasteiger charge is 1.94. The first-order valence-corrected chi connectivity index (χ1v) is 5.11. The summed E-state index contributed by atoms with van der Waals surface area (Å²) in [5.74, 6) is 0. The van der Waals surface area contributed by atoms with E-state index in [2.05, 4.69) is 29.6 Å². The SMILES string of the molecule is CC(Cl)CNCCc1ccccc1. The molecule has 1 N–H and O–H groups in total. The molecule has 1 nitrogen and oxygen atoms in total. The Balaban J connectivity index is 2.13. The van der Waals surface area contributed by atoms with Gasteiger partial charge in [0.25, 0.3) is 0 Å². The van der Waals surface area contributed by atoms with Crippen LogP contribution in [0.2, 0.25) is 0 Å². The fraction of sp³-hybridized carbons (Fsp3) is 0.455. The van der Waals surface area contributed by atoms with Crippen molar-refractivity contribution in [1.29, 1.82) is 0 Å². The van der Waals surface area contributed by atoms with Crippen molar-refractivity contribution in [3.8, 4) is 0 Å². The Labute approximate surface area is 85.1 Å². The smallest absolute Gasteiger partial charge is 0.0432 e. The van der Waals surface area contributed by atoms with E-state index in [1.54, 1.807) is 0 Å². The van der Waals surface area contributed by atoms with Gasteiger partial charge in [-0.3, -0.25) is 0 Å². The Kier molecular flexibility index (Phi) is 4.87. The van der Waals surface area contributed by atoms with Crippen LogP contribution >= 0.6 is 11.6 Å². The standard InChI is InChI=1S/C11H16ClN/c1-10(12)9-13-8-7-11-5-3-2-4-6-11/h2-6,10,13H,7-9H2,1H3. The molecule has 0 aliphatic heterocycles. The van der Waals surface area contributed by atoms with E-state index < -0.39 is 0 Å². The normalized spacial score (nSPS) is 12.8. The first-order chi connectivity index (χ1) is 6.29. The fourth-order valence-corrected chi connectivity index (χ4v) is 1.29. The summed E-state index contributed by atoms with van der Waals surface area (Å²) in [6, 6.07) is 10.5. The van der Waals surface area contributed by atoms with Crippen molar-refractivity contribution in [1.82, 2.24) is 5.32 Å². The molecule has 0 aromatic heterocycles. The van der Waals surface area contributed by atoms with Gasteiger partial charge in [-0.05, 0) is 25.5 Å². The molecule has 13 heavy (non-hydrogen) atoms. The Morgan fingerprint density at radius 1 is 1.31 bits per heavy atom. The van der Waals surface area contributed by atoms with Gasteiger partial charge < -0.3 is 5.32 Å². The topological polar surface area (TPSA) is 12.0 Å². The fourth-order valence-electron chi connectivity index (χ4n) is 1.18. The molecule has 0 amide bonds. The molecule has 1 aromatic rings. The quantitative estimate of drug-likeness (QED) is 0.565. The molecular weight excluding hydrogens is 182 g/mol. The summed E-state index contributed by atoms with van der Waals surface area (Å²) in [6.07, 6.45) is 1.07. The van der Waals surface area contributed by atoms with Crippen molar-refractivity contribution >= 4 is 11.6 Å². The van der Waals surface area contributed by atoms with Gasteiger partial charge in [0.15, 0.2) is 0 Å². The lowest BCUT2D eigenvalue weighted by Crippen LogP contribution is -2.23. The van der Waals surface area contributed by atoms with Crippen molar-refractivity contribution in [2.24, 2.45) is 0 Å². The van der Waals surface area contributed by atoms with Gasteiger partial charge in [-0.15, -0.1) is 11.6 Å². The van der Waals surface area contributed by atoms with Crippen LogP contribution in [0.1, 0.15) is 12.5 Å². The molecular formula is C11H16ClN. The minimum absolute atomic E-state index is 0.218. The lowest BCUT2D eigenvalue weighted by atomic mass is 10.1. The summed E-state index contributed by atoms with van der Waals surface area (Å²) < 4.78 is 0. The second kappa shape index (κ2) is 6.01. The van der Waals surface area contributed by atoms with Gasteiger partial charge in [0.05, 0.1) is 0 Å². The highest BCUT2D eigenvalue weighted by Crippen LogP contribution is 1.98. The predicted octanol–water partition coefficient (Wildman–Crippen LogP) is 2.45. The van der Waals surface area contributed by atoms with Gasteiger partial charge in [-0.1, -0.05) is 30.3 Å². The van der Waals surface area contributed by atoms with Crippen molar-refractivity contribution in [2.75, 3.05) is 13.1 Å². The average Bonchev–Trinajstić information content (AvgIpc) is 2.14. The lowest BCUT2D eigenvalue weighted by molar-refractivity contribution is 0.675. The summed E-state index contributed by atoms with van der Waals surface area (Å²) in [5.41, 5.74) is 1.37. The molecule has 0 fully saturated rings. The van der Waals surface area contributed by atoms with Crippen molar-refractivity contribution in [3.05, 3.63) is 35.9 Å². The van der Waals surface area contributed by atoms with Gasteiger partial charge >= 0.3 is 0 Å². The summed E-state index contributed by atoms with van der Waals surface area (Å²) in [7, 11) is 0. The Bertz CT molecular complexity index is 221. The molecule has 0 aliphatic rings. The lowest BCUT2D eigenvalue weighted by Gasteiger charge is -2.05. The summed E-state index contributed by atoms with van der Waals surface area (Å²) in [5, 5.41) is 3.52. The van der Waals surface area contributed by atoms with Crippen LogP contribution in [0.25, 0.3) is 0 Å². The van der Waals surface area contributed by atoms with E-state index >= 15 is 0 Å². The van der Waals surface area contributed by atoms with Gasteiger partial charge in [-0.25, -0.2) is 0 Å². The van der Waals surface area contributed by atoms with Crippen molar-refractivity contribution in [3.63, 3.8) is 0 Å². The zero-order valence-electron chi connectivity index (χ0n) is 7.96. The van der Waals surface area contributed by atoms with E-state index in [-0.39, 0.29) is 5.38 Å². The van der Waals surface area contributed by atoms with E-state index in [1.807, 2.05) is 13.0 Å². The zero-order chi connectivity index (χ0) is 9.52. The molecule has 2 heteroatoms. The molecule has 0 saturated carbocycles. The van der Waals surface area contributed by atoms with Crippen LogP contribution in [0.4, 0.5) is 0 Å². The molecule has 0 heterocycles. The first-order valence-electron chi connectivity index (χ1n) is 4.68. The molecule has 1 rings (SSSR count). The van der Waals surface area contributed by atoms with Crippen LogP contribution in [0.15, 0.2) is 30.3 Å². The van der Waals surface area contributed by atoms with Crippen LogP contribution in [-0.4, -0.2) is 18.5 Å². The predicted molar refractivity (Wildman–Crippen MR) is 58.3 cm³/mol. The number of nitrogens with one attached hydrogen (secondary N) is 1. The van der Waals surface area contributed by atoms with Crippen molar-refractivity contribution < 1.29 is 0 Å². The molecule has 0 radical (unpaired) electrons. The zero-order valence-corrected chi connectivity index (χ0v) is 8.72. The van der Waals surface area contributed by atoms with Crippen LogP contribution in [0.5, 0.6) is 0 Å². The number of benzene rings is 1. The minimum atomic E-state index is 0.218. The van der Waals surface area contributed by atoms with E-state index in [0.717, 1.165) is 19.5 Å². The highest BCUT2D eigenvalue weighted by atomic mass is 35.5. The van der Waals surface area contributed by atoms with E-state index in [9.17, 15) is 0 Å². The van der Waals surface area contributed by atoms with Gasteiger partial charge in [0.2, 0.25) is 0 Å². The maximum atomic E-state index is 5.80. The van der Waals surface area contributed by atoms with Crippen LogP contribution in [0, 0.1) is 0 Å².